The molecule has 1 aliphatic rings. The Hall–Kier alpha value is -0.250. The first-order valence-electron chi connectivity index (χ1n) is 2.37. The minimum absolute atomic E-state index is 0.895. The standard InChI is InChI=1S/C5H9NOS/c6-8(7)4-2-1-3-5-8/h2-5,7H,1,6H2. The highest BCUT2D eigenvalue weighted by Crippen LogP contribution is 2.39. The second-order valence-electron chi connectivity index (χ2n) is 1.70. The van der Waals surface area contributed by atoms with E-state index in [0.29, 0.717) is 0 Å². The summed E-state index contributed by atoms with van der Waals surface area (Å²) in [7, 11) is -1.94. The Kier molecular flexibility index (Phi) is 1.42. The van der Waals surface area contributed by atoms with Crippen molar-refractivity contribution in [1.82, 2.24) is 0 Å². The molecule has 0 spiro atoms. The van der Waals surface area contributed by atoms with E-state index in [-0.39, 0.29) is 0 Å². The lowest BCUT2D eigenvalue weighted by atomic mass is 10.4. The summed E-state index contributed by atoms with van der Waals surface area (Å²) in [6.07, 6.45) is 4.64. The Labute approximate surface area is 50.4 Å². The van der Waals surface area contributed by atoms with Gasteiger partial charge >= 0.3 is 0 Å². The highest BCUT2D eigenvalue weighted by molar-refractivity contribution is 8.32. The van der Waals surface area contributed by atoms with Crippen molar-refractivity contribution in [3.8, 4) is 0 Å². The molecule has 0 aromatic heterocycles. The second kappa shape index (κ2) is 1.93. The average molecular weight is 131 g/mol. The van der Waals surface area contributed by atoms with Crippen molar-refractivity contribution in [2.45, 2.75) is 6.42 Å². The molecule has 1 rings (SSSR count). The van der Waals surface area contributed by atoms with Gasteiger partial charge in [0.25, 0.3) is 0 Å². The fourth-order valence-corrected chi connectivity index (χ4v) is 1.47. The van der Waals surface area contributed by atoms with Gasteiger partial charge in [-0.15, -0.1) is 0 Å². The van der Waals surface area contributed by atoms with Gasteiger partial charge in [0, 0.05) is 0 Å². The molecule has 0 aromatic rings. The van der Waals surface area contributed by atoms with E-state index in [1.807, 2.05) is 12.2 Å². The Bertz CT molecular complexity index is 125. The highest BCUT2D eigenvalue weighted by Gasteiger charge is 2.05. The molecule has 1 heterocycles. The van der Waals surface area contributed by atoms with E-state index in [0.717, 1.165) is 6.42 Å². The van der Waals surface area contributed by atoms with Crippen LogP contribution in [0.5, 0.6) is 0 Å². The van der Waals surface area contributed by atoms with Gasteiger partial charge in [-0.1, -0.05) is 12.2 Å². The molecule has 0 radical (unpaired) electrons. The summed E-state index contributed by atoms with van der Waals surface area (Å²) in [4.78, 5) is 0. The second-order valence-corrected chi connectivity index (χ2v) is 3.70. The predicted molar refractivity (Wildman–Crippen MR) is 37.3 cm³/mol. The maximum Gasteiger partial charge on any atom is -0.0104 e. The molecular formula is C5H9NOS. The summed E-state index contributed by atoms with van der Waals surface area (Å²) in [5.41, 5.74) is 0. The highest BCUT2D eigenvalue weighted by atomic mass is 32.3. The molecule has 3 N–H and O–H groups in total. The number of hydrogen-bond acceptors (Lipinski definition) is 2. The van der Waals surface area contributed by atoms with Gasteiger partial charge in [0.2, 0.25) is 0 Å². The van der Waals surface area contributed by atoms with Gasteiger partial charge in [0.1, 0.15) is 0 Å². The monoisotopic (exact) mass is 131 g/mol. The van der Waals surface area contributed by atoms with E-state index in [9.17, 15) is 0 Å². The van der Waals surface area contributed by atoms with Gasteiger partial charge in [0.15, 0.2) is 0 Å². The van der Waals surface area contributed by atoms with Gasteiger partial charge in [-0.05, 0) is 27.7 Å². The Morgan fingerprint density at radius 1 is 1.38 bits per heavy atom. The third kappa shape index (κ3) is 1.36. The minimum Gasteiger partial charge on any atom is -0.331 e. The summed E-state index contributed by atoms with van der Waals surface area (Å²) < 4.78 is 9.06. The molecular weight excluding hydrogens is 122 g/mol. The average Bonchev–Trinajstić information content (AvgIpc) is 1.65. The van der Waals surface area contributed by atoms with Crippen molar-refractivity contribution in [3.05, 3.63) is 23.0 Å². The first kappa shape index (κ1) is 5.88. The molecule has 0 aromatic carbocycles. The predicted octanol–water partition coefficient (Wildman–Crippen LogP) is 1.57. The molecule has 1 aliphatic heterocycles. The zero-order chi connectivity index (χ0) is 6.04. The molecule has 0 bridgehead atoms. The van der Waals surface area contributed by atoms with Crippen LogP contribution in [0.15, 0.2) is 23.0 Å². The van der Waals surface area contributed by atoms with E-state index in [1.165, 1.54) is 0 Å². The fourth-order valence-electron chi connectivity index (χ4n) is 0.543. The van der Waals surface area contributed by atoms with Crippen molar-refractivity contribution in [1.29, 1.82) is 0 Å². The maximum absolute atomic E-state index is 9.06. The van der Waals surface area contributed by atoms with E-state index >= 15 is 0 Å². The largest absolute Gasteiger partial charge is 0.331 e. The summed E-state index contributed by atoms with van der Waals surface area (Å²) in [6.45, 7) is 0. The quantitative estimate of drug-likeness (QED) is 0.524. The first-order chi connectivity index (χ1) is 3.71. The smallest absolute Gasteiger partial charge is 0.0104 e. The molecule has 0 unspecified atom stereocenters. The zero-order valence-corrected chi connectivity index (χ0v) is 5.27. The summed E-state index contributed by atoms with van der Waals surface area (Å²) in [5.74, 6) is 0. The van der Waals surface area contributed by atoms with Crippen LogP contribution in [0.1, 0.15) is 6.42 Å². The van der Waals surface area contributed by atoms with Crippen LogP contribution in [-0.2, 0) is 0 Å². The van der Waals surface area contributed by atoms with Crippen molar-refractivity contribution >= 4 is 10.5 Å². The summed E-state index contributed by atoms with van der Waals surface area (Å²) >= 11 is 0. The molecule has 46 valence electrons. The Morgan fingerprint density at radius 2 is 1.88 bits per heavy atom. The van der Waals surface area contributed by atoms with Crippen molar-refractivity contribution in [2.75, 3.05) is 0 Å². The fraction of sp³-hybridized carbons (Fsp3) is 0.200. The van der Waals surface area contributed by atoms with E-state index in [2.05, 4.69) is 0 Å². The van der Waals surface area contributed by atoms with Gasteiger partial charge in [-0.3, -0.25) is 5.14 Å². The van der Waals surface area contributed by atoms with Gasteiger partial charge in [0.05, 0.1) is 0 Å². The molecule has 2 nitrogen and oxygen atoms in total. The number of hydrogen-bond donors (Lipinski definition) is 2. The third-order valence-electron chi connectivity index (χ3n) is 0.901. The lowest BCUT2D eigenvalue weighted by Crippen LogP contribution is -2.03. The first-order valence-corrected chi connectivity index (χ1v) is 4.15. The van der Waals surface area contributed by atoms with Gasteiger partial charge < -0.3 is 4.55 Å². The van der Waals surface area contributed by atoms with Crippen LogP contribution >= 0.6 is 10.5 Å². The SMILES string of the molecule is NS1(O)C=CCC=C1. The number of allylic oxidation sites excluding steroid dienone is 2. The zero-order valence-electron chi connectivity index (χ0n) is 4.45. The summed E-state index contributed by atoms with van der Waals surface area (Å²) in [5, 5.41) is 8.66. The lowest BCUT2D eigenvalue weighted by Gasteiger charge is -2.21. The maximum atomic E-state index is 9.06. The van der Waals surface area contributed by atoms with Crippen LogP contribution < -0.4 is 5.14 Å². The Morgan fingerprint density at radius 3 is 2.12 bits per heavy atom. The topological polar surface area (TPSA) is 46.2 Å². The van der Waals surface area contributed by atoms with Crippen LogP contribution in [0, 0.1) is 0 Å². The van der Waals surface area contributed by atoms with Crippen molar-refractivity contribution < 1.29 is 4.55 Å². The molecule has 0 saturated carbocycles. The molecule has 8 heavy (non-hydrogen) atoms. The molecule has 0 aliphatic carbocycles. The Balaban J connectivity index is 2.69. The minimum atomic E-state index is -1.94. The third-order valence-corrected chi connectivity index (χ3v) is 2.16. The van der Waals surface area contributed by atoms with Gasteiger partial charge in [-0.25, -0.2) is 0 Å². The van der Waals surface area contributed by atoms with E-state index < -0.39 is 10.5 Å². The van der Waals surface area contributed by atoms with Crippen molar-refractivity contribution in [3.63, 3.8) is 0 Å². The number of nitrogens with two attached hydrogens (primary N) is 1. The van der Waals surface area contributed by atoms with Crippen LogP contribution in [0.2, 0.25) is 0 Å². The molecule has 3 heteroatoms. The van der Waals surface area contributed by atoms with Crippen molar-refractivity contribution in [2.24, 2.45) is 5.14 Å². The molecule has 0 amide bonds. The van der Waals surface area contributed by atoms with E-state index in [4.69, 9.17) is 9.69 Å². The van der Waals surface area contributed by atoms with E-state index in [1.54, 1.807) is 10.8 Å². The molecule has 0 saturated heterocycles. The van der Waals surface area contributed by atoms with Crippen LogP contribution in [0.3, 0.4) is 0 Å². The van der Waals surface area contributed by atoms with Crippen LogP contribution in [0.25, 0.3) is 0 Å². The van der Waals surface area contributed by atoms with Gasteiger partial charge in [-0.2, -0.15) is 0 Å². The molecule has 0 fully saturated rings. The normalized spacial score (nSPS) is 27.8. The molecule has 0 atom stereocenters. The number of rotatable bonds is 0. The summed E-state index contributed by atoms with van der Waals surface area (Å²) in [6, 6.07) is 0. The van der Waals surface area contributed by atoms with Crippen LogP contribution in [-0.4, -0.2) is 4.55 Å². The lowest BCUT2D eigenvalue weighted by molar-refractivity contribution is 0.644. The van der Waals surface area contributed by atoms with Crippen LogP contribution in [0.4, 0.5) is 0 Å².